The molecule has 1 atom stereocenters. The molecule has 0 aliphatic rings. The van der Waals surface area contributed by atoms with Crippen molar-refractivity contribution in [3.8, 4) is 0 Å². The Morgan fingerprint density at radius 2 is 1.65 bits per heavy atom. The van der Waals surface area contributed by atoms with E-state index in [2.05, 4.69) is 5.32 Å². The average Bonchev–Trinajstić information content (AvgIpc) is 2.40. The van der Waals surface area contributed by atoms with Crippen LogP contribution < -0.4 is 5.32 Å². The van der Waals surface area contributed by atoms with Gasteiger partial charge in [-0.2, -0.15) is 0 Å². The van der Waals surface area contributed by atoms with E-state index in [9.17, 15) is 4.57 Å². The molecule has 0 saturated heterocycles. The first-order valence-electron chi connectivity index (χ1n) is 7.19. The summed E-state index contributed by atoms with van der Waals surface area (Å²) in [5.74, 6) is -0.148. The van der Waals surface area contributed by atoms with Crippen LogP contribution in [0.2, 0.25) is 0 Å². The van der Waals surface area contributed by atoms with Gasteiger partial charge in [0.05, 0.1) is 13.2 Å². The minimum atomic E-state index is -3.13. The molecule has 0 aromatic heterocycles. The van der Waals surface area contributed by atoms with Gasteiger partial charge in [-0.05, 0) is 25.3 Å². The summed E-state index contributed by atoms with van der Waals surface area (Å²) in [5.41, 5.74) is 1.15. The van der Waals surface area contributed by atoms with Crippen molar-refractivity contribution in [1.82, 2.24) is 5.32 Å². The van der Waals surface area contributed by atoms with Gasteiger partial charge in [0, 0.05) is 6.54 Å². The predicted octanol–water partition coefficient (Wildman–Crippen LogP) is 4.02. The molecule has 0 amide bonds. The van der Waals surface area contributed by atoms with Crippen molar-refractivity contribution in [1.29, 1.82) is 0 Å². The van der Waals surface area contributed by atoms with Gasteiger partial charge >= 0.3 is 7.60 Å². The topological polar surface area (TPSA) is 47.6 Å². The molecule has 0 aliphatic heterocycles. The van der Waals surface area contributed by atoms with Gasteiger partial charge in [0.1, 0.15) is 5.78 Å². The zero-order valence-corrected chi connectivity index (χ0v) is 13.7. The van der Waals surface area contributed by atoms with Crippen molar-refractivity contribution < 1.29 is 13.6 Å². The van der Waals surface area contributed by atoms with E-state index in [4.69, 9.17) is 9.05 Å². The Kier molecular flexibility index (Phi) is 7.46. The minimum Gasteiger partial charge on any atom is -0.308 e. The minimum absolute atomic E-state index is 0.155. The Morgan fingerprint density at radius 1 is 1.10 bits per heavy atom. The van der Waals surface area contributed by atoms with Gasteiger partial charge in [0.25, 0.3) is 0 Å². The third-order valence-corrected chi connectivity index (χ3v) is 5.64. The molecule has 1 aromatic carbocycles. The lowest BCUT2D eigenvalue weighted by Crippen LogP contribution is -2.34. The van der Waals surface area contributed by atoms with E-state index >= 15 is 0 Å². The molecule has 1 N–H and O–H groups in total. The monoisotopic (exact) mass is 299 g/mol. The highest BCUT2D eigenvalue weighted by Crippen LogP contribution is 2.54. The van der Waals surface area contributed by atoms with Gasteiger partial charge in [-0.3, -0.25) is 9.88 Å². The van der Waals surface area contributed by atoms with Crippen LogP contribution in [0.4, 0.5) is 0 Å². The molecule has 0 fully saturated rings. The maximum absolute atomic E-state index is 12.9. The second kappa shape index (κ2) is 8.58. The second-order valence-corrected chi connectivity index (χ2v) is 7.08. The quantitative estimate of drug-likeness (QED) is 0.699. The van der Waals surface area contributed by atoms with E-state index in [-0.39, 0.29) is 11.7 Å². The molecular weight excluding hydrogens is 273 g/mol. The summed E-state index contributed by atoms with van der Waals surface area (Å²) < 4.78 is 23.8. The normalized spacial score (nSPS) is 13.7. The van der Waals surface area contributed by atoms with Crippen LogP contribution in [-0.4, -0.2) is 19.0 Å². The first kappa shape index (κ1) is 17.4. The summed E-state index contributed by atoms with van der Waals surface area (Å²) in [5, 5.41) is 3.33. The molecule has 114 valence electrons. The number of hydrogen-bond donors (Lipinski definition) is 1. The van der Waals surface area contributed by atoms with Gasteiger partial charge in [0.15, 0.2) is 0 Å². The molecule has 0 heterocycles. The molecule has 1 unspecified atom stereocenters. The largest absolute Gasteiger partial charge is 0.347 e. The van der Waals surface area contributed by atoms with E-state index in [0.29, 0.717) is 19.8 Å². The Labute approximate surface area is 122 Å². The fourth-order valence-corrected chi connectivity index (χ4v) is 4.25. The van der Waals surface area contributed by atoms with E-state index < -0.39 is 7.60 Å². The van der Waals surface area contributed by atoms with Gasteiger partial charge in [0.2, 0.25) is 0 Å². The summed E-state index contributed by atoms with van der Waals surface area (Å²) >= 11 is 0. The standard InChI is InChI=1S/C15H26NO3P/c1-5-18-20(17,19-6-2)15(13(3)4)16-12-14-10-8-7-9-11-14/h7-11,13,15-16H,5-6,12H2,1-4H3. The predicted molar refractivity (Wildman–Crippen MR) is 82.8 cm³/mol. The van der Waals surface area contributed by atoms with Crippen LogP contribution >= 0.6 is 7.60 Å². The van der Waals surface area contributed by atoms with Gasteiger partial charge < -0.3 is 9.05 Å². The Morgan fingerprint density at radius 3 is 2.10 bits per heavy atom. The van der Waals surface area contributed by atoms with E-state index in [0.717, 1.165) is 5.56 Å². The highest BCUT2D eigenvalue weighted by Gasteiger charge is 2.37. The van der Waals surface area contributed by atoms with Crippen molar-refractivity contribution in [2.45, 2.75) is 40.0 Å². The molecule has 4 nitrogen and oxygen atoms in total. The highest BCUT2D eigenvalue weighted by atomic mass is 31.2. The molecule has 0 aliphatic carbocycles. The fraction of sp³-hybridized carbons (Fsp3) is 0.600. The van der Waals surface area contributed by atoms with Gasteiger partial charge in [-0.15, -0.1) is 0 Å². The fourth-order valence-electron chi connectivity index (χ4n) is 2.09. The molecule has 1 rings (SSSR count). The van der Waals surface area contributed by atoms with Crippen LogP contribution in [0.5, 0.6) is 0 Å². The third kappa shape index (κ3) is 5.02. The molecule has 1 aromatic rings. The molecule has 5 heteroatoms. The molecule has 0 bridgehead atoms. The maximum Gasteiger partial charge on any atom is 0.347 e. The number of nitrogens with one attached hydrogen (secondary N) is 1. The first-order chi connectivity index (χ1) is 9.53. The number of hydrogen-bond acceptors (Lipinski definition) is 4. The number of rotatable bonds is 9. The lowest BCUT2D eigenvalue weighted by atomic mass is 10.2. The Bertz CT molecular complexity index is 412. The van der Waals surface area contributed by atoms with Crippen LogP contribution in [0, 0.1) is 5.92 Å². The summed E-state index contributed by atoms with van der Waals surface area (Å²) in [7, 11) is -3.13. The summed E-state index contributed by atoms with van der Waals surface area (Å²) in [6.45, 7) is 9.12. The van der Waals surface area contributed by atoms with Crippen LogP contribution in [0.1, 0.15) is 33.3 Å². The van der Waals surface area contributed by atoms with Crippen LogP contribution in [0.3, 0.4) is 0 Å². The Balaban J connectivity index is 2.79. The van der Waals surface area contributed by atoms with Crippen molar-refractivity contribution >= 4 is 7.60 Å². The number of benzene rings is 1. The van der Waals surface area contributed by atoms with E-state index in [1.165, 1.54) is 0 Å². The second-order valence-electron chi connectivity index (χ2n) is 4.93. The Hall–Kier alpha value is -0.670. The van der Waals surface area contributed by atoms with Crippen molar-refractivity contribution in [3.63, 3.8) is 0 Å². The molecule has 0 saturated carbocycles. The van der Waals surface area contributed by atoms with Crippen LogP contribution in [-0.2, 0) is 20.2 Å². The molecular formula is C15H26NO3P. The molecule has 0 spiro atoms. The summed E-state index contributed by atoms with van der Waals surface area (Å²) in [6, 6.07) is 10.0. The smallest absolute Gasteiger partial charge is 0.308 e. The zero-order valence-electron chi connectivity index (χ0n) is 12.8. The zero-order chi connectivity index (χ0) is 15.0. The van der Waals surface area contributed by atoms with Gasteiger partial charge in [-0.1, -0.05) is 44.2 Å². The van der Waals surface area contributed by atoms with Gasteiger partial charge in [-0.25, -0.2) is 0 Å². The first-order valence-corrected chi connectivity index (χ1v) is 8.80. The molecule has 0 radical (unpaired) electrons. The van der Waals surface area contributed by atoms with Crippen molar-refractivity contribution in [2.75, 3.05) is 13.2 Å². The highest BCUT2D eigenvalue weighted by molar-refractivity contribution is 7.54. The maximum atomic E-state index is 12.9. The molecule has 20 heavy (non-hydrogen) atoms. The average molecular weight is 299 g/mol. The third-order valence-electron chi connectivity index (χ3n) is 2.95. The lowest BCUT2D eigenvalue weighted by Gasteiger charge is -2.29. The van der Waals surface area contributed by atoms with E-state index in [1.54, 1.807) is 0 Å². The van der Waals surface area contributed by atoms with Crippen molar-refractivity contribution in [2.24, 2.45) is 5.92 Å². The van der Waals surface area contributed by atoms with E-state index in [1.807, 2.05) is 58.0 Å². The lowest BCUT2D eigenvalue weighted by molar-refractivity contribution is 0.199. The van der Waals surface area contributed by atoms with Crippen LogP contribution in [0.25, 0.3) is 0 Å². The summed E-state index contributed by atoms with van der Waals surface area (Å²) in [6.07, 6.45) is 0. The SMILES string of the molecule is CCOP(=O)(OCC)C(NCc1ccccc1)C(C)C. The summed E-state index contributed by atoms with van der Waals surface area (Å²) in [4.78, 5) is 0. The van der Waals surface area contributed by atoms with Crippen molar-refractivity contribution in [3.05, 3.63) is 35.9 Å². The van der Waals surface area contributed by atoms with Crippen LogP contribution in [0.15, 0.2) is 30.3 Å².